The second kappa shape index (κ2) is 4.53. The molecular formula is C12H20N2O2. The molecule has 16 heavy (non-hydrogen) atoms. The van der Waals surface area contributed by atoms with Gasteiger partial charge in [0.1, 0.15) is 0 Å². The van der Waals surface area contributed by atoms with Gasteiger partial charge in [-0.1, -0.05) is 0 Å². The molecule has 3 atom stereocenters. The first-order valence-corrected chi connectivity index (χ1v) is 6.20. The Morgan fingerprint density at radius 2 is 1.75 bits per heavy atom. The van der Waals surface area contributed by atoms with Gasteiger partial charge < -0.3 is 5.32 Å². The van der Waals surface area contributed by atoms with E-state index in [0.717, 1.165) is 19.3 Å². The molecule has 0 bridgehead atoms. The molecule has 2 fully saturated rings. The molecule has 0 aromatic heterocycles. The average Bonchev–Trinajstić information content (AvgIpc) is 2.20. The number of carbonyl (C=O) groups is 2. The highest BCUT2D eigenvalue weighted by Crippen LogP contribution is 2.24. The predicted molar refractivity (Wildman–Crippen MR) is 60.8 cm³/mol. The van der Waals surface area contributed by atoms with Crippen molar-refractivity contribution in [2.24, 2.45) is 0 Å². The van der Waals surface area contributed by atoms with E-state index >= 15 is 0 Å². The second-order valence-electron chi connectivity index (χ2n) is 5.01. The van der Waals surface area contributed by atoms with Crippen LogP contribution in [-0.2, 0) is 9.59 Å². The van der Waals surface area contributed by atoms with Crippen molar-refractivity contribution in [1.82, 2.24) is 10.2 Å². The van der Waals surface area contributed by atoms with Crippen molar-refractivity contribution in [3.8, 4) is 0 Å². The SMILES string of the molecule is CC1CCC(N2C(=O)CCCC2=O)C(C)N1. The van der Waals surface area contributed by atoms with Crippen LogP contribution in [0, 0.1) is 0 Å². The van der Waals surface area contributed by atoms with Crippen LogP contribution in [0.25, 0.3) is 0 Å². The summed E-state index contributed by atoms with van der Waals surface area (Å²) in [7, 11) is 0. The van der Waals surface area contributed by atoms with Gasteiger partial charge in [0.05, 0.1) is 6.04 Å². The minimum Gasteiger partial charge on any atom is -0.310 e. The molecule has 0 radical (unpaired) electrons. The first-order valence-electron chi connectivity index (χ1n) is 6.20. The maximum Gasteiger partial charge on any atom is 0.229 e. The molecule has 90 valence electrons. The van der Waals surface area contributed by atoms with E-state index in [1.807, 2.05) is 0 Å². The number of rotatable bonds is 1. The van der Waals surface area contributed by atoms with E-state index in [1.54, 1.807) is 0 Å². The van der Waals surface area contributed by atoms with Gasteiger partial charge in [-0.2, -0.15) is 0 Å². The molecule has 0 aromatic carbocycles. The van der Waals surface area contributed by atoms with Gasteiger partial charge in [-0.3, -0.25) is 14.5 Å². The van der Waals surface area contributed by atoms with Crippen molar-refractivity contribution >= 4 is 11.8 Å². The maximum atomic E-state index is 11.8. The Labute approximate surface area is 96.4 Å². The molecule has 4 heteroatoms. The van der Waals surface area contributed by atoms with Crippen LogP contribution in [0.3, 0.4) is 0 Å². The van der Waals surface area contributed by atoms with Gasteiger partial charge in [-0.25, -0.2) is 0 Å². The average molecular weight is 224 g/mol. The fourth-order valence-corrected chi connectivity index (χ4v) is 2.81. The van der Waals surface area contributed by atoms with Crippen molar-refractivity contribution in [2.75, 3.05) is 0 Å². The zero-order chi connectivity index (χ0) is 11.7. The highest BCUT2D eigenvalue weighted by atomic mass is 16.2. The summed E-state index contributed by atoms with van der Waals surface area (Å²) in [6, 6.07) is 0.771. The first-order chi connectivity index (χ1) is 7.59. The zero-order valence-corrected chi connectivity index (χ0v) is 10.0. The van der Waals surface area contributed by atoms with E-state index < -0.39 is 0 Å². The minimum absolute atomic E-state index is 0.0180. The normalized spacial score (nSPS) is 36.6. The van der Waals surface area contributed by atoms with E-state index in [0.29, 0.717) is 18.9 Å². The molecule has 2 rings (SSSR count). The monoisotopic (exact) mass is 224 g/mol. The summed E-state index contributed by atoms with van der Waals surface area (Å²) >= 11 is 0. The molecular weight excluding hydrogens is 204 g/mol. The highest BCUT2D eigenvalue weighted by Gasteiger charge is 2.37. The van der Waals surface area contributed by atoms with E-state index in [-0.39, 0.29) is 23.9 Å². The lowest BCUT2D eigenvalue weighted by Crippen LogP contribution is -2.59. The number of likely N-dealkylation sites (tertiary alicyclic amines) is 1. The third-order valence-corrected chi connectivity index (χ3v) is 3.67. The molecule has 2 aliphatic rings. The molecule has 3 unspecified atom stereocenters. The minimum atomic E-state index is 0.0180. The van der Waals surface area contributed by atoms with E-state index in [1.165, 1.54) is 4.90 Å². The van der Waals surface area contributed by atoms with Crippen LogP contribution in [0.5, 0.6) is 0 Å². The summed E-state index contributed by atoms with van der Waals surface area (Å²) in [5, 5.41) is 3.42. The molecule has 2 amide bonds. The predicted octanol–water partition coefficient (Wildman–Crippen LogP) is 1.05. The van der Waals surface area contributed by atoms with Crippen LogP contribution in [0.15, 0.2) is 0 Å². The van der Waals surface area contributed by atoms with Crippen molar-refractivity contribution in [1.29, 1.82) is 0 Å². The zero-order valence-electron chi connectivity index (χ0n) is 10.0. The van der Waals surface area contributed by atoms with E-state index in [9.17, 15) is 9.59 Å². The van der Waals surface area contributed by atoms with Gasteiger partial charge in [0.2, 0.25) is 11.8 Å². The van der Waals surface area contributed by atoms with Gasteiger partial charge >= 0.3 is 0 Å². The Hall–Kier alpha value is -0.900. The maximum absolute atomic E-state index is 11.8. The van der Waals surface area contributed by atoms with Crippen molar-refractivity contribution in [2.45, 2.75) is 64.1 Å². The topological polar surface area (TPSA) is 49.4 Å². The Bertz CT molecular complexity index is 287. The Morgan fingerprint density at radius 1 is 1.12 bits per heavy atom. The third-order valence-electron chi connectivity index (χ3n) is 3.67. The van der Waals surface area contributed by atoms with Crippen LogP contribution in [-0.4, -0.2) is 34.8 Å². The molecule has 0 spiro atoms. The lowest BCUT2D eigenvalue weighted by atomic mass is 9.92. The molecule has 2 aliphatic heterocycles. The van der Waals surface area contributed by atoms with Crippen LogP contribution in [0.2, 0.25) is 0 Å². The quantitative estimate of drug-likeness (QED) is 0.677. The van der Waals surface area contributed by atoms with E-state index in [4.69, 9.17) is 0 Å². The van der Waals surface area contributed by atoms with Crippen molar-refractivity contribution in [3.05, 3.63) is 0 Å². The Morgan fingerprint density at radius 3 is 2.31 bits per heavy atom. The number of carbonyl (C=O) groups excluding carboxylic acids is 2. The lowest BCUT2D eigenvalue weighted by molar-refractivity contribution is -0.152. The van der Waals surface area contributed by atoms with Crippen molar-refractivity contribution in [3.63, 3.8) is 0 Å². The number of hydrogen-bond acceptors (Lipinski definition) is 3. The second-order valence-corrected chi connectivity index (χ2v) is 5.01. The number of hydrogen-bond donors (Lipinski definition) is 1. The summed E-state index contributed by atoms with van der Waals surface area (Å²) in [4.78, 5) is 25.1. The van der Waals surface area contributed by atoms with Crippen LogP contribution < -0.4 is 5.32 Å². The molecule has 4 nitrogen and oxygen atoms in total. The number of piperidine rings is 2. The van der Waals surface area contributed by atoms with Gasteiger partial charge in [0, 0.05) is 24.9 Å². The van der Waals surface area contributed by atoms with Crippen LogP contribution in [0.4, 0.5) is 0 Å². The molecule has 2 heterocycles. The summed E-state index contributed by atoms with van der Waals surface area (Å²) in [5.74, 6) is 0.0360. The van der Waals surface area contributed by atoms with Gasteiger partial charge in [0.15, 0.2) is 0 Å². The fourth-order valence-electron chi connectivity index (χ4n) is 2.81. The van der Waals surface area contributed by atoms with Gasteiger partial charge in [0.25, 0.3) is 0 Å². The fraction of sp³-hybridized carbons (Fsp3) is 0.833. The molecule has 1 N–H and O–H groups in total. The summed E-state index contributed by atoms with van der Waals surface area (Å²) < 4.78 is 0. The number of amides is 2. The van der Waals surface area contributed by atoms with E-state index in [2.05, 4.69) is 19.2 Å². The number of nitrogens with one attached hydrogen (secondary N) is 1. The van der Waals surface area contributed by atoms with Crippen LogP contribution >= 0.6 is 0 Å². The molecule has 2 saturated heterocycles. The summed E-state index contributed by atoms with van der Waals surface area (Å²) in [5.41, 5.74) is 0. The standard InChI is InChI=1S/C12H20N2O2/c1-8-6-7-10(9(2)13-8)14-11(15)4-3-5-12(14)16/h8-10,13H,3-7H2,1-2H3. The largest absolute Gasteiger partial charge is 0.310 e. The number of imide groups is 1. The number of nitrogens with zero attached hydrogens (tertiary/aromatic N) is 1. The molecule has 0 saturated carbocycles. The Balaban J connectivity index is 2.10. The smallest absolute Gasteiger partial charge is 0.229 e. The van der Waals surface area contributed by atoms with Gasteiger partial charge in [-0.15, -0.1) is 0 Å². The lowest BCUT2D eigenvalue weighted by Gasteiger charge is -2.41. The summed E-state index contributed by atoms with van der Waals surface area (Å²) in [6.07, 6.45) is 3.76. The highest BCUT2D eigenvalue weighted by molar-refractivity contribution is 5.98. The molecule has 0 aromatic rings. The summed E-state index contributed by atoms with van der Waals surface area (Å²) in [6.45, 7) is 4.21. The molecule has 0 aliphatic carbocycles. The van der Waals surface area contributed by atoms with Crippen LogP contribution in [0.1, 0.15) is 46.0 Å². The first kappa shape index (κ1) is 11.6. The third kappa shape index (κ3) is 2.12. The Kier molecular flexibility index (Phi) is 3.28. The van der Waals surface area contributed by atoms with Gasteiger partial charge in [-0.05, 0) is 33.1 Å². The van der Waals surface area contributed by atoms with Crippen molar-refractivity contribution < 1.29 is 9.59 Å².